The maximum absolute atomic E-state index is 9.90. The van der Waals surface area contributed by atoms with E-state index in [1.54, 1.807) is 4.90 Å². The van der Waals surface area contributed by atoms with E-state index in [1.807, 2.05) is 26.0 Å². The summed E-state index contributed by atoms with van der Waals surface area (Å²) in [6, 6.07) is 0. The highest BCUT2D eigenvalue weighted by molar-refractivity contribution is 4.80. The van der Waals surface area contributed by atoms with Gasteiger partial charge in [-0.25, -0.2) is 0 Å². The second kappa shape index (κ2) is 10.3. The highest BCUT2D eigenvalue weighted by atomic mass is 16.3. The Hall–Kier alpha value is -0.680. The molecule has 0 radical (unpaired) electrons. The average molecular weight is 256 g/mol. The van der Waals surface area contributed by atoms with Crippen LogP contribution < -0.4 is 0 Å². The molecule has 2 N–H and O–H groups in total. The number of hydrogen-bond donors (Lipinski definition) is 2. The molecule has 0 saturated carbocycles. The van der Waals surface area contributed by atoms with Gasteiger partial charge in [-0.05, 0) is 12.8 Å². The number of aliphatic hydroxyl groups is 2. The van der Waals surface area contributed by atoms with Crippen LogP contribution in [-0.2, 0) is 0 Å². The van der Waals surface area contributed by atoms with Gasteiger partial charge in [0, 0.05) is 26.2 Å². The summed E-state index contributed by atoms with van der Waals surface area (Å²) in [6.07, 6.45) is 3.74. The summed E-state index contributed by atoms with van der Waals surface area (Å²) < 4.78 is 0. The van der Waals surface area contributed by atoms with Crippen molar-refractivity contribution in [2.45, 2.75) is 39.1 Å². The third-order valence-corrected chi connectivity index (χ3v) is 2.94. The summed E-state index contributed by atoms with van der Waals surface area (Å²) in [5.41, 5.74) is 0. The highest BCUT2D eigenvalue weighted by Gasteiger charge is 2.20. The zero-order valence-electron chi connectivity index (χ0n) is 11.8. The Balaban J connectivity index is 4.37. The quantitative estimate of drug-likeness (QED) is 0.433. The maximum Gasteiger partial charge on any atom is 0.109 e. The lowest BCUT2D eigenvalue weighted by molar-refractivity contribution is -0.105. The molecule has 0 aliphatic carbocycles. The van der Waals surface area contributed by atoms with E-state index in [0.717, 1.165) is 19.6 Å². The second-order valence-electron chi connectivity index (χ2n) is 4.35. The molecule has 2 unspecified atom stereocenters. The van der Waals surface area contributed by atoms with E-state index in [4.69, 9.17) is 0 Å². The van der Waals surface area contributed by atoms with Gasteiger partial charge in [0.1, 0.15) is 12.5 Å². The van der Waals surface area contributed by atoms with Crippen molar-refractivity contribution in [3.8, 4) is 0 Å². The van der Waals surface area contributed by atoms with Gasteiger partial charge in [0.2, 0.25) is 0 Å². The number of nitrogens with zero attached hydrogens (tertiary/aromatic N) is 2. The molecule has 0 aliphatic heterocycles. The SMILES string of the molecule is C=CCN(CC=C)CCN(C(O)CC)C(O)CC. The molecule has 0 aromatic rings. The monoisotopic (exact) mass is 256 g/mol. The van der Waals surface area contributed by atoms with E-state index in [2.05, 4.69) is 18.1 Å². The molecule has 0 amide bonds. The Kier molecular flexibility index (Phi) is 9.87. The largest absolute Gasteiger partial charge is 0.378 e. The van der Waals surface area contributed by atoms with Crippen molar-refractivity contribution in [3.05, 3.63) is 25.3 Å². The predicted molar refractivity (Wildman–Crippen MR) is 76.1 cm³/mol. The molecular formula is C14H28N2O2. The average Bonchev–Trinajstić information content (AvgIpc) is 2.38. The van der Waals surface area contributed by atoms with Crippen molar-refractivity contribution in [2.24, 2.45) is 0 Å². The van der Waals surface area contributed by atoms with Gasteiger partial charge in [-0.2, -0.15) is 0 Å². The summed E-state index contributed by atoms with van der Waals surface area (Å²) in [5, 5.41) is 19.8. The summed E-state index contributed by atoms with van der Waals surface area (Å²) in [7, 11) is 0. The molecule has 106 valence electrons. The fraction of sp³-hybridized carbons (Fsp3) is 0.714. The summed E-state index contributed by atoms with van der Waals surface area (Å²) in [5.74, 6) is 0. The van der Waals surface area contributed by atoms with Crippen molar-refractivity contribution in [1.82, 2.24) is 9.80 Å². The second-order valence-corrected chi connectivity index (χ2v) is 4.35. The van der Waals surface area contributed by atoms with E-state index in [-0.39, 0.29) is 0 Å². The van der Waals surface area contributed by atoms with Crippen LogP contribution in [0.15, 0.2) is 25.3 Å². The minimum atomic E-state index is -0.589. The lowest BCUT2D eigenvalue weighted by Crippen LogP contribution is -2.46. The van der Waals surface area contributed by atoms with Crippen LogP contribution in [0.2, 0.25) is 0 Å². The van der Waals surface area contributed by atoms with Gasteiger partial charge in [-0.1, -0.05) is 26.0 Å². The molecule has 0 bridgehead atoms. The van der Waals surface area contributed by atoms with Crippen molar-refractivity contribution in [3.63, 3.8) is 0 Å². The van der Waals surface area contributed by atoms with Gasteiger partial charge < -0.3 is 10.2 Å². The normalized spacial score (nSPS) is 14.8. The molecule has 0 rings (SSSR count). The molecular weight excluding hydrogens is 228 g/mol. The van der Waals surface area contributed by atoms with Crippen LogP contribution in [-0.4, -0.2) is 58.6 Å². The van der Waals surface area contributed by atoms with Gasteiger partial charge >= 0.3 is 0 Å². The van der Waals surface area contributed by atoms with Crippen molar-refractivity contribution in [2.75, 3.05) is 26.2 Å². The first-order valence-electron chi connectivity index (χ1n) is 6.66. The van der Waals surface area contributed by atoms with Crippen LogP contribution in [0.3, 0.4) is 0 Å². The Morgan fingerprint density at radius 2 is 1.39 bits per heavy atom. The molecule has 0 fully saturated rings. The van der Waals surface area contributed by atoms with E-state index in [9.17, 15) is 10.2 Å². The van der Waals surface area contributed by atoms with Crippen molar-refractivity contribution >= 4 is 0 Å². The molecule has 4 nitrogen and oxygen atoms in total. The summed E-state index contributed by atoms with van der Waals surface area (Å²) in [6.45, 7) is 14.2. The smallest absolute Gasteiger partial charge is 0.109 e. The van der Waals surface area contributed by atoms with Crippen LogP contribution in [0.5, 0.6) is 0 Å². The first-order chi connectivity index (χ1) is 8.60. The van der Waals surface area contributed by atoms with E-state index in [0.29, 0.717) is 19.4 Å². The van der Waals surface area contributed by atoms with Crippen molar-refractivity contribution < 1.29 is 10.2 Å². The molecule has 0 spiro atoms. The first kappa shape index (κ1) is 17.3. The van der Waals surface area contributed by atoms with Crippen molar-refractivity contribution in [1.29, 1.82) is 0 Å². The standard InChI is InChI=1S/C14H28N2O2/c1-5-9-15(10-6-2)11-12-16(13(17)7-3)14(18)8-4/h5-6,13-14,17-18H,1-2,7-12H2,3-4H3. The Morgan fingerprint density at radius 3 is 1.72 bits per heavy atom. The van der Waals surface area contributed by atoms with Gasteiger partial charge in [0.15, 0.2) is 0 Å². The molecule has 18 heavy (non-hydrogen) atoms. The van der Waals surface area contributed by atoms with Crippen LogP contribution in [0.25, 0.3) is 0 Å². The number of aliphatic hydroxyl groups excluding tert-OH is 2. The topological polar surface area (TPSA) is 46.9 Å². The fourth-order valence-corrected chi connectivity index (χ4v) is 1.84. The van der Waals surface area contributed by atoms with Gasteiger partial charge in [0.25, 0.3) is 0 Å². The minimum Gasteiger partial charge on any atom is -0.378 e. The first-order valence-corrected chi connectivity index (χ1v) is 6.66. The Bertz CT molecular complexity index is 214. The molecule has 2 atom stereocenters. The van der Waals surface area contributed by atoms with Crippen LogP contribution in [0.4, 0.5) is 0 Å². The zero-order chi connectivity index (χ0) is 14.0. The summed E-state index contributed by atoms with van der Waals surface area (Å²) >= 11 is 0. The lowest BCUT2D eigenvalue weighted by atomic mass is 10.3. The molecule has 4 heteroatoms. The van der Waals surface area contributed by atoms with Crippen LogP contribution in [0, 0.1) is 0 Å². The zero-order valence-corrected chi connectivity index (χ0v) is 11.8. The molecule has 0 aromatic carbocycles. The third kappa shape index (κ3) is 6.31. The third-order valence-electron chi connectivity index (χ3n) is 2.94. The van der Waals surface area contributed by atoms with E-state index >= 15 is 0 Å². The lowest BCUT2D eigenvalue weighted by Gasteiger charge is -2.33. The molecule has 0 aromatic heterocycles. The van der Waals surface area contributed by atoms with Gasteiger partial charge in [-0.3, -0.25) is 9.80 Å². The number of rotatable bonds is 11. The number of hydrogen-bond acceptors (Lipinski definition) is 4. The highest BCUT2D eigenvalue weighted by Crippen LogP contribution is 2.08. The predicted octanol–water partition coefficient (Wildman–Crippen LogP) is 1.42. The minimum absolute atomic E-state index is 0.589. The summed E-state index contributed by atoms with van der Waals surface area (Å²) in [4.78, 5) is 3.90. The Labute approximate surface area is 111 Å². The van der Waals surface area contributed by atoms with E-state index < -0.39 is 12.5 Å². The fourth-order valence-electron chi connectivity index (χ4n) is 1.84. The molecule has 0 aliphatic rings. The van der Waals surface area contributed by atoms with Crippen LogP contribution >= 0.6 is 0 Å². The molecule has 0 heterocycles. The van der Waals surface area contributed by atoms with Gasteiger partial charge in [0.05, 0.1) is 0 Å². The maximum atomic E-state index is 9.90. The Morgan fingerprint density at radius 1 is 0.944 bits per heavy atom. The molecule has 0 saturated heterocycles. The van der Waals surface area contributed by atoms with E-state index in [1.165, 1.54) is 0 Å². The van der Waals surface area contributed by atoms with Crippen LogP contribution in [0.1, 0.15) is 26.7 Å². The van der Waals surface area contributed by atoms with Gasteiger partial charge in [-0.15, -0.1) is 13.2 Å².